The van der Waals surface area contributed by atoms with Crippen LogP contribution in [0.2, 0.25) is 0 Å². The summed E-state index contributed by atoms with van der Waals surface area (Å²) in [5, 5.41) is 13.0. The van der Waals surface area contributed by atoms with E-state index in [1.807, 2.05) is 13.0 Å². The Bertz CT molecular complexity index is 649. The van der Waals surface area contributed by atoms with Crippen LogP contribution in [0.15, 0.2) is 28.8 Å². The molecule has 0 aliphatic carbocycles. The van der Waals surface area contributed by atoms with E-state index >= 15 is 0 Å². The number of thioether (sulfide) groups is 1. The Morgan fingerprint density at radius 1 is 1.41 bits per heavy atom. The normalized spacial score (nSPS) is 17.7. The first-order valence-corrected chi connectivity index (χ1v) is 7.92. The van der Waals surface area contributed by atoms with Gasteiger partial charge in [-0.15, -0.1) is 11.8 Å². The molecule has 0 radical (unpaired) electrons. The Morgan fingerprint density at radius 3 is 2.77 bits per heavy atom. The molecule has 0 saturated heterocycles. The van der Waals surface area contributed by atoms with Gasteiger partial charge in [-0.25, -0.2) is 0 Å². The molecule has 0 aromatic heterocycles. The van der Waals surface area contributed by atoms with Gasteiger partial charge in [-0.3, -0.25) is 4.79 Å². The fourth-order valence-corrected chi connectivity index (χ4v) is 3.27. The number of nitriles is 1. The number of rotatable bonds is 5. The van der Waals surface area contributed by atoms with Crippen molar-refractivity contribution < 1.29 is 14.3 Å². The lowest BCUT2D eigenvalue weighted by Crippen LogP contribution is -2.31. The van der Waals surface area contributed by atoms with Crippen molar-refractivity contribution in [3.05, 3.63) is 34.4 Å². The summed E-state index contributed by atoms with van der Waals surface area (Å²) in [6, 6.07) is 7.66. The quantitative estimate of drug-likeness (QED) is 0.904. The van der Waals surface area contributed by atoms with Crippen molar-refractivity contribution in [1.29, 1.82) is 5.26 Å². The predicted molar refractivity (Wildman–Crippen MR) is 85.8 cm³/mol. The minimum atomic E-state index is -0.321. The lowest BCUT2D eigenvalue weighted by atomic mass is 9.86. The number of hydrogen-bond acceptors (Lipinski definition) is 5. The van der Waals surface area contributed by atoms with Gasteiger partial charge in [-0.05, 0) is 24.0 Å². The molecule has 0 fully saturated rings. The predicted octanol–water partition coefficient (Wildman–Crippen LogP) is 2.80. The van der Waals surface area contributed by atoms with E-state index in [-0.39, 0.29) is 18.2 Å². The Balaban J connectivity index is 2.56. The summed E-state index contributed by atoms with van der Waals surface area (Å²) in [5.74, 6) is 1.68. The Hall–Kier alpha value is -2.13. The maximum atomic E-state index is 12.0. The molecule has 5 nitrogen and oxygen atoms in total. The maximum Gasteiger partial charge on any atom is 0.225 e. The van der Waals surface area contributed by atoms with Crippen LogP contribution < -0.4 is 14.8 Å². The van der Waals surface area contributed by atoms with E-state index in [1.54, 1.807) is 26.4 Å². The molecule has 116 valence electrons. The molecule has 22 heavy (non-hydrogen) atoms. The van der Waals surface area contributed by atoms with E-state index in [1.165, 1.54) is 11.8 Å². The van der Waals surface area contributed by atoms with Gasteiger partial charge in [0.15, 0.2) is 0 Å². The number of hydrogen-bond donors (Lipinski definition) is 1. The highest BCUT2D eigenvalue weighted by atomic mass is 32.2. The smallest absolute Gasteiger partial charge is 0.225 e. The second-order valence-corrected chi connectivity index (χ2v) is 5.97. The third-order valence-electron chi connectivity index (χ3n) is 3.46. The first kappa shape index (κ1) is 16.2. The molecular formula is C16H18N2O3S. The SMILES string of the molecule is CCSC1=C(C#N)C(c2cc(OC)ccc2OC)CC(=O)N1. The number of benzene rings is 1. The fraction of sp³-hybridized carbons (Fsp3) is 0.375. The van der Waals surface area contributed by atoms with Gasteiger partial charge in [0.25, 0.3) is 0 Å². The van der Waals surface area contributed by atoms with Gasteiger partial charge in [0.05, 0.1) is 30.9 Å². The number of nitrogens with zero attached hydrogens (tertiary/aromatic N) is 1. The molecular weight excluding hydrogens is 300 g/mol. The third kappa shape index (κ3) is 3.20. The van der Waals surface area contributed by atoms with Gasteiger partial charge in [0.1, 0.15) is 11.5 Å². The van der Waals surface area contributed by atoms with Crippen molar-refractivity contribution in [1.82, 2.24) is 5.32 Å². The standard InChI is InChI=1S/C16H18N2O3S/c1-4-22-16-13(9-17)11(8-15(19)18-16)12-7-10(20-2)5-6-14(12)21-3/h5-7,11H,4,8H2,1-3H3,(H,18,19). The second-order valence-electron chi connectivity index (χ2n) is 4.70. The van der Waals surface area contributed by atoms with E-state index in [2.05, 4.69) is 11.4 Å². The summed E-state index contributed by atoms with van der Waals surface area (Å²) < 4.78 is 10.7. The van der Waals surface area contributed by atoms with Crippen LogP contribution in [0.1, 0.15) is 24.8 Å². The number of allylic oxidation sites excluding steroid dienone is 1. The minimum Gasteiger partial charge on any atom is -0.497 e. The number of ether oxygens (including phenoxy) is 2. The van der Waals surface area contributed by atoms with Crippen LogP contribution in [-0.2, 0) is 4.79 Å². The van der Waals surface area contributed by atoms with Crippen molar-refractivity contribution in [3.63, 3.8) is 0 Å². The summed E-state index contributed by atoms with van der Waals surface area (Å²) >= 11 is 1.46. The molecule has 1 heterocycles. The number of amides is 1. The molecule has 1 N–H and O–H groups in total. The zero-order chi connectivity index (χ0) is 16.1. The van der Waals surface area contributed by atoms with Crippen molar-refractivity contribution >= 4 is 17.7 Å². The van der Waals surface area contributed by atoms with E-state index < -0.39 is 0 Å². The topological polar surface area (TPSA) is 71.3 Å². The maximum absolute atomic E-state index is 12.0. The zero-order valence-electron chi connectivity index (χ0n) is 12.8. The molecule has 0 saturated carbocycles. The molecule has 6 heteroatoms. The van der Waals surface area contributed by atoms with Crippen LogP contribution in [0, 0.1) is 11.3 Å². The fourth-order valence-electron chi connectivity index (χ4n) is 2.45. The molecule has 1 aliphatic heterocycles. The van der Waals surface area contributed by atoms with Crippen LogP contribution in [0.5, 0.6) is 11.5 Å². The highest BCUT2D eigenvalue weighted by molar-refractivity contribution is 8.03. The molecule has 0 spiro atoms. The van der Waals surface area contributed by atoms with Crippen LogP contribution in [0.3, 0.4) is 0 Å². The largest absolute Gasteiger partial charge is 0.497 e. The highest BCUT2D eigenvalue weighted by Crippen LogP contribution is 2.41. The molecule has 1 amide bonds. The minimum absolute atomic E-state index is 0.0928. The summed E-state index contributed by atoms with van der Waals surface area (Å²) in [6.45, 7) is 1.98. The molecule has 1 aliphatic rings. The summed E-state index contributed by atoms with van der Waals surface area (Å²) in [5.41, 5.74) is 1.36. The molecule has 1 aromatic rings. The lowest BCUT2D eigenvalue weighted by Gasteiger charge is -2.26. The summed E-state index contributed by atoms with van der Waals surface area (Å²) in [4.78, 5) is 12.0. The van der Waals surface area contributed by atoms with Crippen molar-refractivity contribution in [2.24, 2.45) is 0 Å². The van der Waals surface area contributed by atoms with Gasteiger partial charge in [0.2, 0.25) is 5.91 Å². The molecule has 1 aromatic carbocycles. The second kappa shape index (κ2) is 7.23. The molecule has 2 rings (SSSR count). The van der Waals surface area contributed by atoms with Gasteiger partial charge in [-0.2, -0.15) is 5.26 Å². The Labute approximate surface area is 134 Å². The Morgan fingerprint density at radius 2 is 2.18 bits per heavy atom. The summed E-state index contributed by atoms with van der Waals surface area (Å²) in [6.07, 6.45) is 0.222. The van der Waals surface area contributed by atoms with Crippen LogP contribution in [-0.4, -0.2) is 25.9 Å². The van der Waals surface area contributed by atoms with E-state index in [0.29, 0.717) is 22.1 Å². The third-order valence-corrected chi connectivity index (χ3v) is 4.36. The van der Waals surface area contributed by atoms with Gasteiger partial charge in [0, 0.05) is 17.9 Å². The summed E-state index contributed by atoms with van der Waals surface area (Å²) in [7, 11) is 3.16. The lowest BCUT2D eigenvalue weighted by molar-refractivity contribution is -0.120. The number of methoxy groups -OCH3 is 2. The zero-order valence-corrected chi connectivity index (χ0v) is 13.6. The average Bonchev–Trinajstić information content (AvgIpc) is 2.54. The number of carbonyl (C=O) groups excluding carboxylic acids is 1. The van der Waals surface area contributed by atoms with E-state index in [0.717, 1.165) is 11.3 Å². The highest BCUT2D eigenvalue weighted by Gasteiger charge is 2.31. The van der Waals surface area contributed by atoms with Crippen molar-refractivity contribution in [2.75, 3.05) is 20.0 Å². The van der Waals surface area contributed by atoms with Crippen molar-refractivity contribution in [2.45, 2.75) is 19.3 Å². The number of carbonyl (C=O) groups is 1. The first-order valence-electron chi connectivity index (χ1n) is 6.93. The van der Waals surface area contributed by atoms with Gasteiger partial charge < -0.3 is 14.8 Å². The van der Waals surface area contributed by atoms with Crippen LogP contribution in [0.4, 0.5) is 0 Å². The molecule has 1 unspecified atom stereocenters. The van der Waals surface area contributed by atoms with Gasteiger partial charge >= 0.3 is 0 Å². The Kier molecular flexibility index (Phi) is 5.34. The van der Waals surface area contributed by atoms with Gasteiger partial charge in [-0.1, -0.05) is 6.92 Å². The monoisotopic (exact) mass is 318 g/mol. The first-order chi connectivity index (χ1) is 10.6. The van der Waals surface area contributed by atoms with Crippen molar-refractivity contribution in [3.8, 4) is 17.6 Å². The van der Waals surface area contributed by atoms with E-state index in [9.17, 15) is 10.1 Å². The molecule has 0 bridgehead atoms. The van der Waals surface area contributed by atoms with Crippen LogP contribution in [0.25, 0.3) is 0 Å². The average molecular weight is 318 g/mol. The number of nitrogens with one attached hydrogen (secondary N) is 1. The molecule has 1 atom stereocenters. The van der Waals surface area contributed by atoms with E-state index in [4.69, 9.17) is 9.47 Å². The van der Waals surface area contributed by atoms with Crippen LogP contribution >= 0.6 is 11.8 Å².